The molecule has 3 rings (SSSR count). The minimum absolute atomic E-state index is 0.160. The van der Waals surface area contributed by atoms with Gasteiger partial charge < -0.3 is 19.9 Å². The van der Waals surface area contributed by atoms with Crippen LogP contribution in [0.5, 0.6) is 11.5 Å². The fourth-order valence-corrected chi connectivity index (χ4v) is 3.22. The van der Waals surface area contributed by atoms with Crippen molar-refractivity contribution in [2.45, 2.75) is 39.8 Å². The van der Waals surface area contributed by atoms with Gasteiger partial charge in [0.15, 0.2) is 0 Å². The molecule has 2 heterocycles. The smallest absolute Gasteiger partial charge is 0.412 e. The molecule has 0 fully saturated rings. The van der Waals surface area contributed by atoms with Gasteiger partial charge in [-0.05, 0) is 49.9 Å². The van der Waals surface area contributed by atoms with Crippen LogP contribution in [0, 0.1) is 5.92 Å². The number of fused-ring (bicyclic) bond motifs is 3. The van der Waals surface area contributed by atoms with Crippen LogP contribution in [0.4, 0.5) is 10.6 Å². The Morgan fingerprint density at radius 1 is 1.32 bits per heavy atom. The molecule has 0 spiro atoms. The van der Waals surface area contributed by atoms with Gasteiger partial charge in [0.2, 0.25) is 0 Å². The summed E-state index contributed by atoms with van der Waals surface area (Å²) in [5.74, 6) is 2.33. The van der Waals surface area contributed by atoms with E-state index in [-0.39, 0.29) is 6.04 Å². The molecule has 0 saturated heterocycles. The van der Waals surface area contributed by atoms with Crippen molar-refractivity contribution in [3.8, 4) is 22.6 Å². The minimum atomic E-state index is -0.521. The normalized spacial score (nSPS) is 14.1. The van der Waals surface area contributed by atoms with Gasteiger partial charge in [0.1, 0.15) is 23.9 Å². The Kier molecular flexibility index (Phi) is 6.36. The summed E-state index contributed by atoms with van der Waals surface area (Å²) in [6.45, 7) is 7.21. The molecule has 1 aliphatic rings. The number of carbonyl (C=O) groups excluding carboxylic acids is 1. The van der Waals surface area contributed by atoms with Gasteiger partial charge in [-0.1, -0.05) is 6.92 Å². The van der Waals surface area contributed by atoms with E-state index in [2.05, 4.69) is 17.2 Å². The van der Waals surface area contributed by atoms with Crippen molar-refractivity contribution >= 4 is 11.9 Å². The van der Waals surface area contributed by atoms with E-state index in [1.807, 2.05) is 31.2 Å². The minimum Gasteiger partial charge on any atom is -0.493 e. The number of carbonyl (C=O) groups is 1. The first kappa shape index (κ1) is 19.9. The SMILES string of the molecule is CCOC(=O)Nc1cc2c(cn1)COc1cc(OCC(C)CC(C)N)ccc1-2. The van der Waals surface area contributed by atoms with Crippen LogP contribution in [-0.2, 0) is 11.3 Å². The van der Waals surface area contributed by atoms with E-state index < -0.39 is 6.09 Å². The van der Waals surface area contributed by atoms with E-state index in [1.54, 1.807) is 13.1 Å². The number of hydrogen-bond acceptors (Lipinski definition) is 6. The predicted octanol–water partition coefficient (Wildman–Crippen LogP) is 3.96. The van der Waals surface area contributed by atoms with Crippen LogP contribution in [0.1, 0.15) is 32.8 Å². The largest absolute Gasteiger partial charge is 0.493 e. The third-order valence-electron chi connectivity index (χ3n) is 4.43. The molecule has 150 valence electrons. The average molecular weight is 385 g/mol. The molecule has 28 heavy (non-hydrogen) atoms. The summed E-state index contributed by atoms with van der Waals surface area (Å²) in [7, 11) is 0. The lowest BCUT2D eigenvalue weighted by atomic mass is 9.98. The maximum atomic E-state index is 11.6. The highest BCUT2D eigenvalue weighted by Crippen LogP contribution is 2.40. The quantitative estimate of drug-likeness (QED) is 0.749. The molecule has 3 N–H and O–H groups in total. The molecule has 1 aromatic heterocycles. The fourth-order valence-electron chi connectivity index (χ4n) is 3.22. The number of pyridine rings is 1. The second-order valence-electron chi connectivity index (χ2n) is 7.15. The summed E-state index contributed by atoms with van der Waals surface area (Å²) in [6.07, 6.45) is 2.10. The van der Waals surface area contributed by atoms with Gasteiger partial charge in [0, 0.05) is 29.4 Å². The Balaban J connectivity index is 1.75. The number of nitrogens with one attached hydrogen (secondary N) is 1. The summed E-state index contributed by atoms with van der Waals surface area (Å²) in [5.41, 5.74) is 8.71. The molecule has 0 bridgehead atoms. The number of ether oxygens (including phenoxy) is 3. The first-order chi connectivity index (χ1) is 13.5. The van der Waals surface area contributed by atoms with Crippen molar-refractivity contribution in [2.75, 3.05) is 18.5 Å². The van der Waals surface area contributed by atoms with Crippen molar-refractivity contribution in [2.24, 2.45) is 11.7 Å². The Morgan fingerprint density at radius 2 is 2.14 bits per heavy atom. The summed E-state index contributed by atoms with van der Waals surface area (Å²) in [6, 6.07) is 7.78. The van der Waals surface area contributed by atoms with Gasteiger partial charge in [0.05, 0.1) is 13.2 Å². The zero-order chi connectivity index (χ0) is 20.1. The molecular formula is C21H27N3O4. The standard InChI is InChI=1S/C21H27N3O4/c1-4-26-21(25)24-20-9-18-15(10-23-20)12-28-19-8-16(5-6-17(18)19)27-11-13(2)7-14(3)22/h5-6,8-10,13-14H,4,7,11-12,22H2,1-3H3,(H,23,24,25). The molecule has 1 aromatic carbocycles. The van der Waals surface area contributed by atoms with Crippen LogP contribution in [0.25, 0.3) is 11.1 Å². The van der Waals surface area contributed by atoms with E-state index in [9.17, 15) is 4.79 Å². The number of hydrogen-bond donors (Lipinski definition) is 2. The monoisotopic (exact) mass is 385 g/mol. The van der Waals surface area contributed by atoms with Crippen molar-refractivity contribution in [3.05, 3.63) is 36.0 Å². The molecular weight excluding hydrogens is 358 g/mol. The first-order valence-electron chi connectivity index (χ1n) is 9.54. The van der Waals surface area contributed by atoms with Crippen molar-refractivity contribution in [3.63, 3.8) is 0 Å². The fraction of sp³-hybridized carbons (Fsp3) is 0.429. The lowest BCUT2D eigenvalue weighted by molar-refractivity contribution is 0.168. The molecule has 7 heteroatoms. The number of nitrogens with zero attached hydrogens (tertiary/aromatic N) is 1. The summed E-state index contributed by atoms with van der Waals surface area (Å²) in [4.78, 5) is 15.9. The first-order valence-corrected chi connectivity index (χ1v) is 9.54. The molecule has 7 nitrogen and oxygen atoms in total. The van der Waals surface area contributed by atoms with Gasteiger partial charge in [-0.15, -0.1) is 0 Å². The van der Waals surface area contributed by atoms with Crippen molar-refractivity contribution in [1.82, 2.24) is 4.98 Å². The molecule has 2 atom stereocenters. The van der Waals surface area contributed by atoms with E-state index in [0.29, 0.717) is 31.6 Å². The molecule has 0 radical (unpaired) electrons. The summed E-state index contributed by atoms with van der Waals surface area (Å²) < 4.78 is 16.7. The number of aromatic nitrogens is 1. The number of anilines is 1. The average Bonchev–Trinajstić information content (AvgIpc) is 2.65. The van der Waals surface area contributed by atoms with E-state index in [1.165, 1.54) is 0 Å². The zero-order valence-corrected chi connectivity index (χ0v) is 16.5. The predicted molar refractivity (Wildman–Crippen MR) is 108 cm³/mol. The van der Waals surface area contributed by atoms with Crippen LogP contribution in [-0.4, -0.2) is 30.3 Å². The second-order valence-corrected chi connectivity index (χ2v) is 7.15. The number of benzene rings is 1. The van der Waals surface area contributed by atoms with Crippen molar-refractivity contribution in [1.29, 1.82) is 0 Å². The van der Waals surface area contributed by atoms with E-state index in [0.717, 1.165) is 34.6 Å². The third-order valence-corrected chi connectivity index (χ3v) is 4.43. The molecule has 0 saturated carbocycles. The van der Waals surface area contributed by atoms with Gasteiger partial charge in [-0.25, -0.2) is 9.78 Å². The van der Waals surface area contributed by atoms with Crippen LogP contribution in [0.15, 0.2) is 30.5 Å². The number of amides is 1. The van der Waals surface area contributed by atoms with Crippen LogP contribution >= 0.6 is 0 Å². The maximum absolute atomic E-state index is 11.6. The van der Waals surface area contributed by atoms with Gasteiger partial charge in [0.25, 0.3) is 0 Å². The lowest BCUT2D eigenvalue weighted by Crippen LogP contribution is -2.21. The van der Waals surface area contributed by atoms with Gasteiger partial charge in [-0.3, -0.25) is 5.32 Å². The van der Waals surface area contributed by atoms with Crippen molar-refractivity contribution < 1.29 is 19.0 Å². The Hall–Kier alpha value is -2.80. The Labute approximate surface area is 165 Å². The zero-order valence-electron chi connectivity index (χ0n) is 16.5. The number of nitrogens with two attached hydrogens (primary N) is 1. The van der Waals surface area contributed by atoms with E-state index >= 15 is 0 Å². The summed E-state index contributed by atoms with van der Waals surface area (Å²) >= 11 is 0. The molecule has 1 aliphatic heterocycles. The topological polar surface area (TPSA) is 95.7 Å². The lowest BCUT2D eigenvalue weighted by Gasteiger charge is -2.22. The highest BCUT2D eigenvalue weighted by molar-refractivity contribution is 5.85. The third kappa shape index (κ3) is 4.92. The highest BCUT2D eigenvalue weighted by atomic mass is 16.5. The molecule has 1 amide bonds. The Morgan fingerprint density at radius 3 is 2.89 bits per heavy atom. The highest BCUT2D eigenvalue weighted by Gasteiger charge is 2.20. The second kappa shape index (κ2) is 8.93. The van der Waals surface area contributed by atoms with E-state index in [4.69, 9.17) is 19.9 Å². The van der Waals surface area contributed by atoms with Gasteiger partial charge >= 0.3 is 6.09 Å². The molecule has 2 aromatic rings. The van der Waals surface area contributed by atoms with Crippen LogP contribution in [0.3, 0.4) is 0 Å². The summed E-state index contributed by atoms with van der Waals surface area (Å²) in [5, 5.41) is 2.64. The van der Waals surface area contributed by atoms with Gasteiger partial charge in [-0.2, -0.15) is 0 Å². The maximum Gasteiger partial charge on any atom is 0.412 e. The van der Waals surface area contributed by atoms with Crippen LogP contribution < -0.4 is 20.5 Å². The molecule has 0 aliphatic carbocycles. The Bertz CT molecular complexity index is 838. The number of rotatable bonds is 7. The molecule has 2 unspecified atom stereocenters. The van der Waals surface area contributed by atoms with Crippen LogP contribution in [0.2, 0.25) is 0 Å².